The van der Waals surface area contributed by atoms with Crippen molar-refractivity contribution in [2.24, 2.45) is 0 Å². The number of nitrogens with one attached hydrogen (secondary N) is 1. The highest BCUT2D eigenvalue weighted by Gasteiger charge is 2.26. The first-order valence-corrected chi connectivity index (χ1v) is 8.42. The Morgan fingerprint density at radius 2 is 2.20 bits per heavy atom. The highest BCUT2D eigenvalue weighted by molar-refractivity contribution is 8.00. The van der Waals surface area contributed by atoms with Gasteiger partial charge in [-0.2, -0.15) is 11.8 Å². The fraction of sp³-hybridized carbons (Fsp3) is 0.857. The van der Waals surface area contributed by atoms with E-state index in [4.69, 9.17) is 0 Å². The average molecular weight is 297 g/mol. The van der Waals surface area contributed by atoms with Crippen molar-refractivity contribution in [3.05, 3.63) is 11.9 Å². The number of thioether (sulfide) groups is 1. The van der Waals surface area contributed by atoms with Gasteiger partial charge in [-0.25, -0.2) is 0 Å². The Hall–Kier alpha value is -0.590. The van der Waals surface area contributed by atoms with Gasteiger partial charge in [0, 0.05) is 48.9 Å². The lowest BCUT2D eigenvalue weighted by atomic mass is 10.2. The van der Waals surface area contributed by atoms with Crippen LogP contribution in [0.4, 0.5) is 0 Å². The lowest BCUT2D eigenvalue weighted by molar-refractivity contribution is 0.246. The molecule has 0 bridgehead atoms. The quantitative estimate of drug-likeness (QED) is 0.864. The maximum atomic E-state index is 4.21. The van der Waals surface area contributed by atoms with Gasteiger partial charge in [0.15, 0.2) is 0 Å². The molecule has 1 aliphatic rings. The second-order valence-corrected chi connectivity index (χ2v) is 8.19. The van der Waals surface area contributed by atoms with Gasteiger partial charge in [-0.15, -0.1) is 5.10 Å². The fourth-order valence-electron chi connectivity index (χ4n) is 2.39. The van der Waals surface area contributed by atoms with Crippen LogP contribution in [0, 0.1) is 0 Å². The van der Waals surface area contributed by atoms with Crippen LogP contribution in [0.1, 0.15) is 33.4 Å². The van der Waals surface area contributed by atoms with Crippen molar-refractivity contribution in [1.29, 1.82) is 0 Å². The summed E-state index contributed by atoms with van der Waals surface area (Å²) in [5, 5.41) is 11.8. The van der Waals surface area contributed by atoms with Crippen LogP contribution in [0.3, 0.4) is 0 Å². The molecule has 0 aliphatic carbocycles. The summed E-state index contributed by atoms with van der Waals surface area (Å²) in [5.41, 5.74) is 1.02. The monoisotopic (exact) mass is 297 g/mol. The molecule has 1 fully saturated rings. The topological polar surface area (TPSA) is 46.0 Å². The maximum absolute atomic E-state index is 4.21. The van der Waals surface area contributed by atoms with Crippen molar-refractivity contribution in [2.75, 3.05) is 25.4 Å². The molecule has 1 saturated heterocycles. The Labute approximate surface area is 126 Å². The predicted octanol–water partition coefficient (Wildman–Crippen LogP) is 1.60. The first-order chi connectivity index (χ1) is 9.44. The van der Waals surface area contributed by atoms with Crippen molar-refractivity contribution < 1.29 is 0 Å². The van der Waals surface area contributed by atoms with Crippen LogP contribution in [0.25, 0.3) is 0 Å². The van der Waals surface area contributed by atoms with Crippen LogP contribution in [-0.2, 0) is 13.1 Å². The summed E-state index contributed by atoms with van der Waals surface area (Å²) in [6.07, 6.45) is 2.05. The van der Waals surface area contributed by atoms with E-state index in [9.17, 15) is 0 Å². The second-order valence-electron chi connectivity index (χ2n) is 6.39. The van der Waals surface area contributed by atoms with Crippen molar-refractivity contribution in [2.45, 2.75) is 51.6 Å². The zero-order valence-corrected chi connectivity index (χ0v) is 13.9. The van der Waals surface area contributed by atoms with Crippen molar-refractivity contribution in [1.82, 2.24) is 25.2 Å². The number of hydrogen-bond acceptors (Lipinski definition) is 5. The lowest BCUT2D eigenvalue weighted by Crippen LogP contribution is -2.44. The molecule has 1 N–H and O–H groups in total. The van der Waals surface area contributed by atoms with Gasteiger partial charge in [-0.1, -0.05) is 19.1 Å². The highest BCUT2D eigenvalue weighted by atomic mass is 32.2. The molecule has 6 heteroatoms. The van der Waals surface area contributed by atoms with Gasteiger partial charge in [0.1, 0.15) is 0 Å². The molecule has 2 rings (SSSR count). The van der Waals surface area contributed by atoms with Gasteiger partial charge >= 0.3 is 0 Å². The summed E-state index contributed by atoms with van der Waals surface area (Å²) >= 11 is 2.07. The molecule has 0 unspecified atom stereocenters. The standard InChI is InChI=1S/C14H27N5S/c1-12(2)15-9-13-10-19(17-16-13)6-5-18-7-8-20-14(3,4)11-18/h10,12,15H,5-9,11H2,1-4H3. The highest BCUT2D eigenvalue weighted by Crippen LogP contribution is 2.29. The third-order valence-electron chi connectivity index (χ3n) is 3.43. The van der Waals surface area contributed by atoms with Crippen molar-refractivity contribution in [3.8, 4) is 0 Å². The van der Waals surface area contributed by atoms with E-state index in [1.807, 2.05) is 4.68 Å². The molecule has 0 spiro atoms. The van der Waals surface area contributed by atoms with E-state index in [-0.39, 0.29) is 0 Å². The predicted molar refractivity (Wildman–Crippen MR) is 85.0 cm³/mol. The van der Waals surface area contributed by atoms with E-state index >= 15 is 0 Å². The molecule has 0 atom stereocenters. The van der Waals surface area contributed by atoms with E-state index in [0.29, 0.717) is 10.8 Å². The van der Waals surface area contributed by atoms with Gasteiger partial charge < -0.3 is 5.32 Å². The van der Waals surface area contributed by atoms with Gasteiger partial charge in [0.25, 0.3) is 0 Å². The van der Waals surface area contributed by atoms with Gasteiger partial charge in [-0.3, -0.25) is 9.58 Å². The first kappa shape index (κ1) is 15.8. The molecular weight excluding hydrogens is 270 g/mol. The summed E-state index contributed by atoms with van der Waals surface area (Å²) in [4.78, 5) is 2.53. The number of aromatic nitrogens is 3. The zero-order valence-electron chi connectivity index (χ0n) is 13.1. The van der Waals surface area contributed by atoms with Crippen LogP contribution >= 0.6 is 11.8 Å². The minimum atomic E-state index is 0.382. The molecule has 1 aliphatic heterocycles. The molecule has 20 heavy (non-hydrogen) atoms. The maximum Gasteiger partial charge on any atom is 0.0964 e. The minimum Gasteiger partial charge on any atom is -0.309 e. The molecule has 114 valence electrons. The van der Waals surface area contributed by atoms with Crippen molar-refractivity contribution >= 4 is 11.8 Å². The summed E-state index contributed by atoms with van der Waals surface area (Å²) in [6.45, 7) is 14.1. The van der Waals surface area contributed by atoms with Crippen LogP contribution in [0.5, 0.6) is 0 Å². The lowest BCUT2D eigenvalue weighted by Gasteiger charge is -2.37. The third kappa shape index (κ3) is 5.07. The first-order valence-electron chi connectivity index (χ1n) is 7.43. The van der Waals surface area contributed by atoms with Crippen LogP contribution in [-0.4, -0.2) is 56.1 Å². The molecule has 2 heterocycles. The molecule has 0 amide bonds. The Morgan fingerprint density at radius 1 is 1.40 bits per heavy atom. The Bertz CT molecular complexity index is 415. The van der Waals surface area contributed by atoms with Crippen LogP contribution in [0.2, 0.25) is 0 Å². The normalized spacial score (nSPS) is 19.6. The molecule has 0 saturated carbocycles. The number of nitrogens with zero attached hydrogens (tertiary/aromatic N) is 4. The van der Waals surface area contributed by atoms with E-state index in [0.717, 1.165) is 31.9 Å². The molecule has 1 aromatic heterocycles. The second kappa shape index (κ2) is 6.91. The smallest absolute Gasteiger partial charge is 0.0964 e. The third-order valence-corrected chi connectivity index (χ3v) is 4.72. The van der Waals surface area contributed by atoms with E-state index in [1.54, 1.807) is 0 Å². The van der Waals surface area contributed by atoms with Gasteiger partial charge in [0.05, 0.1) is 12.2 Å². The molecule has 5 nitrogen and oxygen atoms in total. The molecular formula is C14H27N5S. The Morgan fingerprint density at radius 3 is 2.90 bits per heavy atom. The largest absolute Gasteiger partial charge is 0.309 e. The average Bonchev–Trinajstić information content (AvgIpc) is 2.81. The summed E-state index contributed by atoms with van der Waals surface area (Å²) in [6, 6.07) is 0.480. The molecule has 0 aromatic carbocycles. The summed E-state index contributed by atoms with van der Waals surface area (Å²) in [7, 11) is 0. The van der Waals surface area contributed by atoms with E-state index < -0.39 is 0 Å². The van der Waals surface area contributed by atoms with E-state index in [1.165, 1.54) is 12.3 Å². The van der Waals surface area contributed by atoms with Crippen molar-refractivity contribution in [3.63, 3.8) is 0 Å². The number of rotatable bonds is 6. The Balaban J connectivity index is 1.76. The summed E-state index contributed by atoms with van der Waals surface area (Å²) in [5.74, 6) is 1.23. The zero-order chi connectivity index (χ0) is 14.6. The fourth-order valence-corrected chi connectivity index (χ4v) is 3.56. The van der Waals surface area contributed by atoms with Gasteiger partial charge in [-0.05, 0) is 13.8 Å². The van der Waals surface area contributed by atoms with Gasteiger partial charge in [0.2, 0.25) is 0 Å². The van der Waals surface area contributed by atoms with Crippen LogP contribution in [0.15, 0.2) is 6.20 Å². The molecule has 0 radical (unpaired) electrons. The minimum absolute atomic E-state index is 0.382. The number of hydrogen-bond donors (Lipinski definition) is 1. The summed E-state index contributed by atoms with van der Waals surface area (Å²) < 4.78 is 2.35. The molecule has 1 aromatic rings. The SMILES string of the molecule is CC(C)NCc1cn(CCN2CCSC(C)(C)C2)nn1. The Kier molecular flexibility index (Phi) is 5.46. The van der Waals surface area contributed by atoms with Crippen LogP contribution < -0.4 is 5.32 Å². The van der Waals surface area contributed by atoms with E-state index in [2.05, 4.69) is 66.2 Å².